The third-order valence-electron chi connectivity index (χ3n) is 2.87. The Hall–Kier alpha value is -2.04. The summed E-state index contributed by atoms with van der Waals surface area (Å²) in [5.41, 5.74) is 0.0869. The summed E-state index contributed by atoms with van der Waals surface area (Å²) in [7, 11) is 1.56. The average molecular weight is 293 g/mol. The zero-order valence-corrected chi connectivity index (χ0v) is 13.3. The summed E-state index contributed by atoms with van der Waals surface area (Å²) < 4.78 is 10.5. The quantitative estimate of drug-likeness (QED) is 0.782. The van der Waals surface area contributed by atoms with E-state index < -0.39 is 17.7 Å². The van der Waals surface area contributed by atoms with E-state index in [4.69, 9.17) is 9.47 Å². The van der Waals surface area contributed by atoms with Crippen LogP contribution in [0.1, 0.15) is 39.3 Å². The first-order valence-corrected chi connectivity index (χ1v) is 6.91. The van der Waals surface area contributed by atoms with Gasteiger partial charge in [0.25, 0.3) is 0 Å². The normalized spacial score (nSPS) is 12.4. The maximum atomic E-state index is 12.2. The number of ether oxygens (including phenoxy) is 2. The van der Waals surface area contributed by atoms with Gasteiger partial charge in [-0.1, -0.05) is 12.1 Å². The van der Waals surface area contributed by atoms with Gasteiger partial charge in [-0.3, -0.25) is 4.90 Å². The molecule has 0 bridgehead atoms. The molecule has 1 aromatic carbocycles. The molecule has 1 atom stereocenters. The Morgan fingerprint density at radius 2 is 2.05 bits per heavy atom. The van der Waals surface area contributed by atoms with Gasteiger partial charge in [-0.25, -0.2) is 4.79 Å². The van der Waals surface area contributed by atoms with E-state index in [1.165, 1.54) is 4.90 Å². The predicted octanol–water partition coefficient (Wildman–Crippen LogP) is 3.19. The molecule has 116 valence electrons. The Bertz CT molecular complexity index is 493. The van der Waals surface area contributed by atoms with Crippen molar-refractivity contribution in [2.24, 2.45) is 0 Å². The summed E-state index contributed by atoms with van der Waals surface area (Å²) in [5.74, 6) is 0.639. The lowest BCUT2D eigenvalue weighted by molar-refractivity contribution is -0.112. The van der Waals surface area contributed by atoms with E-state index in [0.29, 0.717) is 17.9 Å². The number of carbonyl (C=O) groups excluding carboxylic acids is 2. The number of hydrogen-bond acceptors (Lipinski definition) is 4. The summed E-state index contributed by atoms with van der Waals surface area (Å²) in [6.07, 6.45) is 0.229. The zero-order chi connectivity index (χ0) is 16.0. The Morgan fingerprint density at radius 1 is 1.38 bits per heavy atom. The molecule has 0 aromatic heterocycles. The maximum absolute atomic E-state index is 12.2. The minimum Gasteiger partial charge on any atom is -0.497 e. The van der Waals surface area contributed by atoms with E-state index in [0.717, 1.165) is 6.29 Å². The fourth-order valence-electron chi connectivity index (χ4n) is 1.92. The van der Waals surface area contributed by atoms with Crippen molar-refractivity contribution in [3.8, 4) is 5.75 Å². The molecule has 0 spiro atoms. The molecule has 0 aliphatic rings. The molecule has 0 radical (unpaired) electrons. The van der Waals surface area contributed by atoms with Crippen molar-refractivity contribution < 1.29 is 19.1 Å². The second-order valence-electron chi connectivity index (χ2n) is 5.62. The van der Waals surface area contributed by atoms with Crippen molar-refractivity contribution in [1.82, 2.24) is 4.90 Å². The van der Waals surface area contributed by atoms with Crippen LogP contribution in [0.5, 0.6) is 5.75 Å². The first-order valence-electron chi connectivity index (χ1n) is 6.91. The van der Waals surface area contributed by atoms with Crippen LogP contribution in [0.2, 0.25) is 0 Å². The molecule has 0 N–H and O–H groups in total. The van der Waals surface area contributed by atoms with Crippen molar-refractivity contribution in [2.75, 3.05) is 13.7 Å². The fourth-order valence-corrected chi connectivity index (χ4v) is 1.92. The topological polar surface area (TPSA) is 55.8 Å². The number of rotatable bonds is 5. The Morgan fingerprint density at radius 3 is 2.52 bits per heavy atom. The smallest absolute Gasteiger partial charge is 0.411 e. The lowest BCUT2D eigenvalue weighted by Gasteiger charge is -2.30. The summed E-state index contributed by atoms with van der Waals surface area (Å²) in [5, 5.41) is 0. The second-order valence-corrected chi connectivity index (χ2v) is 5.62. The Kier molecular flexibility index (Phi) is 5.76. The molecule has 0 saturated heterocycles. The van der Waals surface area contributed by atoms with Gasteiger partial charge in [-0.05, 0) is 45.4 Å². The zero-order valence-electron chi connectivity index (χ0n) is 13.3. The van der Waals surface area contributed by atoms with Gasteiger partial charge in [-0.2, -0.15) is 0 Å². The largest absolute Gasteiger partial charge is 0.497 e. The first-order chi connectivity index (χ1) is 9.82. The van der Waals surface area contributed by atoms with Crippen molar-refractivity contribution in [1.29, 1.82) is 0 Å². The molecule has 1 amide bonds. The number of methoxy groups -OCH3 is 1. The molecule has 5 heteroatoms. The van der Waals surface area contributed by atoms with Crippen LogP contribution in [-0.2, 0) is 9.53 Å². The van der Waals surface area contributed by atoms with Crippen molar-refractivity contribution in [3.63, 3.8) is 0 Å². The predicted molar refractivity (Wildman–Crippen MR) is 80.4 cm³/mol. The van der Waals surface area contributed by atoms with Crippen LogP contribution < -0.4 is 4.74 Å². The summed E-state index contributed by atoms with van der Waals surface area (Å²) >= 11 is 0. The van der Waals surface area contributed by atoms with E-state index in [1.54, 1.807) is 59.1 Å². The van der Waals surface area contributed by atoms with E-state index >= 15 is 0 Å². The first kappa shape index (κ1) is 17.0. The Balaban J connectivity index is 3.04. The Labute approximate surface area is 125 Å². The maximum Gasteiger partial charge on any atom is 0.411 e. The van der Waals surface area contributed by atoms with Crippen LogP contribution >= 0.6 is 0 Å². The number of amides is 1. The number of benzene rings is 1. The highest BCUT2D eigenvalue weighted by molar-refractivity contribution is 5.75. The number of nitrogens with zero attached hydrogens (tertiary/aromatic N) is 1. The van der Waals surface area contributed by atoms with Crippen molar-refractivity contribution in [2.45, 2.75) is 39.3 Å². The van der Waals surface area contributed by atoms with Gasteiger partial charge < -0.3 is 14.3 Å². The highest BCUT2D eigenvalue weighted by atomic mass is 16.6. The summed E-state index contributed by atoms with van der Waals surface area (Å²) in [4.78, 5) is 25.1. The molecule has 0 fully saturated rings. The average Bonchev–Trinajstić information content (AvgIpc) is 2.42. The minimum atomic E-state index is -0.694. The molecule has 5 nitrogen and oxygen atoms in total. The molecule has 1 aromatic rings. The van der Waals surface area contributed by atoms with Crippen molar-refractivity contribution in [3.05, 3.63) is 29.8 Å². The van der Waals surface area contributed by atoms with Crippen LogP contribution in [0.25, 0.3) is 0 Å². The lowest BCUT2D eigenvalue weighted by atomic mass is 10.1. The molecular weight excluding hydrogens is 270 g/mol. The van der Waals surface area contributed by atoms with Crippen LogP contribution in [-0.4, -0.2) is 36.5 Å². The molecule has 0 aliphatic heterocycles. The molecule has 1 unspecified atom stereocenters. The van der Waals surface area contributed by atoms with Gasteiger partial charge in [0.2, 0.25) is 0 Å². The van der Waals surface area contributed by atoms with Crippen molar-refractivity contribution >= 4 is 12.4 Å². The fraction of sp³-hybridized carbons (Fsp3) is 0.500. The lowest BCUT2D eigenvalue weighted by Crippen LogP contribution is -2.39. The highest BCUT2D eigenvalue weighted by Gasteiger charge is 2.28. The second kappa shape index (κ2) is 7.11. The summed E-state index contributed by atoms with van der Waals surface area (Å²) in [6, 6.07) is 6.41. The van der Waals surface area contributed by atoms with Gasteiger partial charge >= 0.3 is 6.09 Å². The molecule has 0 heterocycles. The third kappa shape index (κ3) is 4.77. The van der Waals surface area contributed by atoms with Gasteiger partial charge in [0, 0.05) is 6.54 Å². The minimum absolute atomic E-state index is 0.371. The van der Waals surface area contributed by atoms with Crippen LogP contribution in [0.15, 0.2) is 24.3 Å². The molecule has 21 heavy (non-hydrogen) atoms. The number of aldehydes is 1. The van der Waals surface area contributed by atoms with E-state index in [-0.39, 0.29) is 0 Å². The van der Waals surface area contributed by atoms with Gasteiger partial charge in [-0.15, -0.1) is 0 Å². The highest BCUT2D eigenvalue weighted by Crippen LogP contribution is 2.24. The third-order valence-corrected chi connectivity index (χ3v) is 2.87. The number of carbonyl (C=O) groups is 2. The van der Waals surface area contributed by atoms with Crippen LogP contribution in [0.3, 0.4) is 0 Å². The summed E-state index contributed by atoms with van der Waals surface area (Å²) in [6.45, 7) is 7.55. The monoisotopic (exact) mass is 293 g/mol. The SMILES string of the molecule is CCN(C(=O)OC(C)(C)C)C(C=O)c1cccc(OC)c1. The number of hydrogen-bond donors (Lipinski definition) is 0. The van der Waals surface area contributed by atoms with Gasteiger partial charge in [0.05, 0.1) is 7.11 Å². The van der Waals surface area contributed by atoms with Crippen LogP contribution in [0, 0.1) is 0 Å². The molecular formula is C16H23NO4. The van der Waals surface area contributed by atoms with E-state index in [2.05, 4.69) is 0 Å². The molecule has 0 aliphatic carbocycles. The standard InChI is InChI=1S/C16H23NO4/c1-6-17(15(19)21-16(2,3)4)14(11-18)12-8-7-9-13(10-12)20-5/h7-11,14H,6H2,1-5H3. The molecule has 1 rings (SSSR count). The van der Waals surface area contributed by atoms with E-state index in [9.17, 15) is 9.59 Å². The van der Waals surface area contributed by atoms with E-state index in [1.807, 2.05) is 0 Å². The van der Waals surface area contributed by atoms with Gasteiger partial charge in [0.15, 0.2) is 0 Å². The van der Waals surface area contributed by atoms with Gasteiger partial charge in [0.1, 0.15) is 23.7 Å². The molecule has 0 saturated carbocycles. The number of likely N-dealkylation sites (N-methyl/N-ethyl adjacent to an activating group) is 1. The van der Waals surface area contributed by atoms with Crippen LogP contribution in [0.4, 0.5) is 4.79 Å².